The normalized spacial score (nSPS) is 12.2. The number of allylic oxidation sites excluding steroid dienone is 6. The summed E-state index contributed by atoms with van der Waals surface area (Å²) in [6, 6.07) is 0. The van der Waals surface area contributed by atoms with Crippen molar-refractivity contribution in [1.82, 2.24) is 0 Å². The Hall–Kier alpha value is -2.37. The molecule has 6 nitrogen and oxygen atoms in total. The fraction of sp³-hybridized carbons (Fsp3) is 0.878. The standard InChI is InChI=1S/C74H138O6/c1-4-7-10-13-16-19-22-25-27-28-29-30-31-32-33-34-35-36-37-38-39-40-41-42-43-44-45-47-49-52-55-58-61-64-67-73(76)79-70-71(69-78-72(75)66-63-60-57-54-51-48-24-21-18-15-12-9-6-3)80-74(77)68-65-62-59-56-53-50-46-26-23-20-17-14-11-8-5-2/h12,15,21,24,26,46,71H,4-11,13-14,16-20,22-23,25,27-45,47-70H2,1-3H3/b15-12-,24-21-,46-26-. The molecule has 0 spiro atoms. The van der Waals surface area contributed by atoms with Crippen LogP contribution in [0.2, 0.25) is 0 Å². The SMILES string of the molecule is CCC/C=C\C/C=C\CCCCCCCC(=O)OCC(COC(=O)CCCCCCCCCCCCCCCCCCCCCCCCCCCCCCCCCCCC)OC(=O)CCCCCCC/C=C\CCCCCCCC. The van der Waals surface area contributed by atoms with Gasteiger partial charge in [0.05, 0.1) is 0 Å². The fourth-order valence-corrected chi connectivity index (χ4v) is 11.0. The molecule has 0 heterocycles. The third-order valence-corrected chi connectivity index (χ3v) is 16.3. The third kappa shape index (κ3) is 66.4. The van der Waals surface area contributed by atoms with E-state index in [1.54, 1.807) is 0 Å². The van der Waals surface area contributed by atoms with Gasteiger partial charge in [-0.1, -0.05) is 346 Å². The van der Waals surface area contributed by atoms with Crippen LogP contribution >= 0.6 is 0 Å². The van der Waals surface area contributed by atoms with E-state index in [2.05, 4.69) is 57.2 Å². The Labute approximate surface area is 499 Å². The van der Waals surface area contributed by atoms with Gasteiger partial charge < -0.3 is 14.2 Å². The summed E-state index contributed by atoms with van der Waals surface area (Å²) in [7, 11) is 0. The first kappa shape index (κ1) is 77.6. The Morgan fingerprint density at radius 3 is 0.750 bits per heavy atom. The summed E-state index contributed by atoms with van der Waals surface area (Å²) >= 11 is 0. The molecule has 0 radical (unpaired) electrons. The van der Waals surface area contributed by atoms with Crippen molar-refractivity contribution in [2.45, 2.75) is 406 Å². The zero-order valence-electron chi connectivity index (χ0n) is 54.1. The molecule has 0 amide bonds. The van der Waals surface area contributed by atoms with E-state index in [9.17, 15) is 14.4 Å². The second-order valence-corrected chi connectivity index (χ2v) is 24.5. The fourth-order valence-electron chi connectivity index (χ4n) is 11.0. The quantitative estimate of drug-likeness (QED) is 0.0261. The number of carbonyl (C=O) groups excluding carboxylic acids is 3. The van der Waals surface area contributed by atoms with E-state index in [4.69, 9.17) is 14.2 Å². The minimum absolute atomic E-state index is 0.0760. The maximum Gasteiger partial charge on any atom is 0.306 e. The molecule has 0 fully saturated rings. The van der Waals surface area contributed by atoms with Crippen LogP contribution in [-0.2, 0) is 28.6 Å². The number of esters is 3. The topological polar surface area (TPSA) is 78.9 Å². The minimum atomic E-state index is -0.781. The van der Waals surface area contributed by atoms with E-state index < -0.39 is 6.10 Å². The average molecular weight is 1120 g/mol. The molecule has 1 atom stereocenters. The second kappa shape index (κ2) is 69.1. The van der Waals surface area contributed by atoms with Crippen molar-refractivity contribution in [3.8, 4) is 0 Å². The molecular formula is C74H138O6. The lowest BCUT2D eigenvalue weighted by Crippen LogP contribution is -2.30. The Kier molecular flexibility index (Phi) is 67.1. The van der Waals surface area contributed by atoms with Gasteiger partial charge in [0.15, 0.2) is 6.10 Å². The van der Waals surface area contributed by atoms with E-state index in [1.807, 2.05) is 0 Å². The summed E-state index contributed by atoms with van der Waals surface area (Å²) in [5.74, 6) is -0.876. The minimum Gasteiger partial charge on any atom is -0.462 e. The van der Waals surface area contributed by atoms with Crippen molar-refractivity contribution in [2.75, 3.05) is 13.2 Å². The summed E-state index contributed by atoms with van der Waals surface area (Å²) in [4.78, 5) is 38.3. The highest BCUT2D eigenvalue weighted by atomic mass is 16.6. The van der Waals surface area contributed by atoms with Crippen molar-refractivity contribution in [2.24, 2.45) is 0 Å². The van der Waals surface area contributed by atoms with Gasteiger partial charge >= 0.3 is 17.9 Å². The molecular weight excluding hydrogens is 985 g/mol. The van der Waals surface area contributed by atoms with Crippen LogP contribution in [0.25, 0.3) is 0 Å². The predicted molar refractivity (Wildman–Crippen MR) is 349 cm³/mol. The van der Waals surface area contributed by atoms with Crippen LogP contribution < -0.4 is 0 Å². The van der Waals surface area contributed by atoms with Gasteiger partial charge in [0.2, 0.25) is 0 Å². The van der Waals surface area contributed by atoms with Gasteiger partial charge in [0.25, 0.3) is 0 Å². The molecule has 0 aliphatic rings. The molecule has 0 aliphatic carbocycles. The van der Waals surface area contributed by atoms with E-state index >= 15 is 0 Å². The van der Waals surface area contributed by atoms with Crippen molar-refractivity contribution >= 4 is 17.9 Å². The van der Waals surface area contributed by atoms with Crippen LogP contribution in [0.3, 0.4) is 0 Å². The maximum absolute atomic E-state index is 12.9. The summed E-state index contributed by atoms with van der Waals surface area (Å²) in [5.41, 5.74) is 0. The Balaban J connectivity index is 4.05. The van der Waals surface area contributed by atoms with E-state index in [-0.39, 0.29) is 31.1 Å². The average Bonchev–Trinajstić information content (AvgIpc) is 3.46. The van der Waals surface area contributed by atoms with Crippen LogP contribution in [0.1, 0.15) is 400 Å². The molecule has 0 aromatic rings. The lowest BCUT2D eigenvalue weighted by molar-refractivity contribution is -0.167. The number of unbranched alkanes of at least 4 members (excludes halogenated alkanes) is 50. The predicted octanol–water partition coefficient (Wildman–Crippen LogP) is 24.7. The molecule has 1 unspecified atom stereocenters. The molecule has 6 heteroatoms. The lowest BCUT2D eigenvalue weighted by Gasteiger charge is -2.18. The van der Waals surface area contributed by atoms with Gasteiger partial charge in [-0.25, -0.2) is 0 Å². The second-order valence-electron chi connectivity index (χ2n) is 24.5. The molecule has 0 saturated heterocycles. The van der Waals surface area contributed by atoms with Crippen LogP contribution in [-0.4, -0.2) is 37.2 Å². The molecule has 0 aliphatic heterocycles. The lowest BCUT2D eigenvalue weighted by atomic mass is 10.0. The monoisotopic (exact) mass is 1120 g/mol. The van der Waals surface area contributed by atoms with Crippen molar-refractivity contribution in [1.29, 1.82) is 0 Å². The number of rotatable bonds is 67. The Bertz CT molecular complexity index is 1340. The summed E-state index contributed by atoms with van der Waals surface area (Å²) in [6.45, 7) is 6.62. The first-order chi connectivity index (χ1) is 39.5. The van der Waals surface area contributed by atoms with Gasteiger partial charge in [-0.2, -0.15) is 0 Å². The molecule has 470 valence electrons. The highest BCUT2D eigenvalue weighted by Crippen LogP contribution is 2.19. The molecule has 0 N–H and O–H groups in total. The van der Waals surface area contributed by atoms with Crippen molar-refractivity contribution in [3.63, 3.8) is 0 Å². The van der Waals surface area contributed by atoms with E-state index in [0.717, 1.165) is 89.9 Å². The number of ether oxygens (including phenoxy) is 3. The highest BCUT2D eigenvalue weighted by molar-refractivity contribution is 5.71. The molecule has 0 rings (SSSR count). The number of carbonyl (C=O) groups is 3. The van der Waals surface area contributed by atoms with Gasteiger partial charge in [0, 0.05) is 19.3 Å². The van der Waals surface area contributed by atoms with Crippen LogP contribution in [0.5, 0.6) is 0 Å². The summed E-state index contributed by atoms with van der Waals surface area (Å²) < 4.78 is 16.9. The number of hydrogen-bond acceptors (Lipinski definition) is 6. The van der Waals surface area contributed by atoms with Crippen LogP contribution in [0, 0.1) is 0 Å². The van der Waals surface area contributed by atoms with Crippen LogP contribution in [0.4, 0.5) is 0 Å². The zero-order chi connectivity index (χ0) is 57.8. The Morgan fingerprint density at radius 1 is 0.250 bits per heavy atom. The zero-order valence-corrected chi connectivity index (χ0v) is 54.1. The molecule has 0 saturated carbocycles. The van der Waals surface area contributed by atoms with Gasteiger partial charge in [0.1, 0.15) is 13.2 Å². The molecule has 0 aromatic heterocycles. The largest absolute Gasteiger partial charge is 0.462 e. The molecule has 80 heavy (non-hydrogen) atoms. The van der Waals surface area contributed by atoms with Crippen molar-refractivity contribution < 1.29 is 28.6 Å². The first-order valence-electron chi connectivity index (χ1n) is 36.0. The van der Waals surface area contributed by atoms with E-state index in [0.29, 0.717) is 19.3 Å². The Morgan fingerprint density at radius 2 is 0.475 bits per heavy atom. The van der Waals surface area contributed by atoms with Gasteiger partial charge in [-0.15, -0.1) is 0 Å². The van der Waals surface area contributed by atoms with Crippen molar-refractivity contribution in [3.05, 3.63) is 36.5 Å². The summed E-state index contributed by atoms with van der Waals surface area (Å²) in [5, 5.41) is 0. The molecule has 0 bridgehead atoms. The van der Waals surface area contributed by atoms with E-state index in [1.165, 1.54) is 270 Å². The highest BCUT2D eigenvalue weighted by Gasteiger charge is 2.19. The van der Waals surface area contributed by atoms with Gasteiger partial charge in [-0.05, 0) is 70.6 Å². The third-order valence-electron chi connectivity index (χ3n) is 16.3. The smallest absolute Gasteiger partial charge is 0.306 e. The number of hydrogen-bond donors (Lipinski definition) is 0. The van der Waals surface area contributed by atoms with Crippen LogP contribution in [0.15, 0.2) is 36.5 Å². The maximum atomic E-state index is 12.9. The first-order valence-corrected chi connectivity index (χ1v) is 36.0. The summed E-state index contributed by atoms with van der Waals surface area (Å²) in [6.07, 6.45) is 86.4. The van der Waals surface area contributed by atoms with Gasteiger partial charge in [-0.3, -0.25) is 14.4 Å². The molecule has 0 aromatic carbocycles.